The molecule has 0 saturated carbocycles. The summed E-state index contributed by atoms with van der Waals surface area (Å²) < 4.78 is 40.9. The Labute approximate surface area is 105 Å². The minimum atomic E-state index is -4.74. The third-order valence-corrected chi connectivity index (χ3v) is 2.24. The summed E-state index contributed by atoms with van der Waals surface area (Å²) in [5.74, 6) is -0.227. The molecule has 0 radical (unpaired) electrons. The molecular weight excluding hydrogens is 261 g/mol. The maximum atomic E-state index is 12.0. The topological polar surface area (TPSA) is 76.9 Å². The van der Waals surface area contributed by atoms with E-state index in [4.69, 9.17) is 11.0 Å². The van der Waals surface area contributed by atoms with E-state index in [-0.39, 0.29) is 17.1 Å². The van der Waals surface area contributed by atoms with Gasteiger partial charge in [-0.15, -0.1) is 13.2 Å². The van der Waals surface area contributed by atoms with E-state index in [1.54, 1.807) is 0 Å². The fourth-order valence-electron chi connectivity index (χ4n) is 1.44. The third-order valence-electron chi connectivity index (χ3n) is 2.24. The first-order valence-corrected chi connectivity index (χ1v) is 5.00. The zero-order valence-electron chi connectivity index (χ0n) is 9.35. The molecule has 0 aliphatic rings. The number of aromatic nitrogens is 2. The molecule has 0 bridgehead atoms. The number of ether oxygens (including phenoxy) is 1. The molecule has 98 valence electrons. The molecule has 2 N–H and O–H groups in total. The summed E-state index contributed by atoms with van der Waals surface area (Å²) >= 11 is 0. The van der Waals surface area contributed by atoms with E-state index >= 15 is 0 Å². The Hall–Kier alpha value is -2.69. The summed E-state index contributed by atoms with van der Waals surface area (Å²) in [6.45, 7) is 0. The van der Waals surface area contributed by atoms with Crippen molar-refractivity contribution in [1.29, 1.82) is 5.26 Å². The van der Waals surface area contributed by atoms with Gasteiger partial charge in [0.05, 0.1) is 11.9 Å². The minimum absolute atomic E-state index is 0.118. The van der Waals surface area contributed by atoms with Crippen LogP contribution in [0.3, 0.4) is 0 Å². The van der Waals surface area contributed by atoms with Gasteiger partial charge >= 0.3 is 6.36 Å². The Balaban J connectivity index is 2.28. The zero-order valence-corrected chi connectivity index (χ0v) is 9.35. The first-order chi connectivity index (χ1) is 8.90. The maximum Gasteiger partial charge on any atom is 0.573 e. The lowest BCUT2D eigenvalue weighted by Gasteiger charge is -2.09. The summed E-state index contributed by atoms with van der Waals surface area (Å²) in [5.41, 5.74) is 6.27. The second-order valence-corrected chi connectivity index (χ2v) is 3.51. The first-order valence-electron chi connectivity index (χ1n) is 5.00. The van der Waals surface area contributed by atoms with Crippen LogP contribution >= 0.6 is 0 Å². The second-order valence-electron chi connectivity index (χ2n) is 3.51. The molecule has 0 spiro atoms. The molecule has 0 saturated heterocycles. The molecule has 19 heavy (non-hydrogen) atoms. The molecular formula is C11H7F3N4O. The molecule has 1 aromatic heterocycles. The van der Waals surface area contributed by atoms with Crippen molar-refractivity contribution in [3.63, 3.8) is 0 Å². The molecule has 1 aromatic carbocycles. The molecule has 5 nitrogen and oxygen atoms in total. The highest BCUT2D eigenvalue weighted by molar-refractivity contribution is 5.53. The zero-order chi connectivity index (χ0) is 14.0. The molecule has 0 amide bonds. The van der Waals surface area contributed by atoms with Crippen LogP contribution in [0.4, 0.5) is 19.0 Å². The van der Waals surface area contributed by atoms with Gasteiger partial charge in [-0.25, -0.2) is 4.68 Å². The van der Waals surface area contributed by atoms with Crippen LogP contribution in [0, 0.1) is 11.3 Å². The lowest BCUT2D eigenvalue weighted by atomic mass is 10.3. The van der Waals surface area contributed by atoms with E-state index < -0.39 is 6.36 Å². The number of rotatable bonds is 2. The average Bonchev–Trinajstić information content (AvgIpc) is 2.69. The van der Waals surface area contributed by atoms with Gasteiger partial charge in [0.25, 0.3) is 0 Å². The summed E-state index contributed by atoms with van der Waals surface area (Å²) in [7, 11) is 0. The van der Waals surface area contributed by atoms with E-state index in [1.165, 1.54) is 23.0 Å². The van der Waals surface area contributed by atoms with Gasteiger partial charge < -0.3 is 10.5 Å². The molecule has 0 atom stereocenters. The van der Waals surface area contributed by atoms with Gasteiger partial charge in [0.1, 0.15) is 23.2 Å². The number of alkyl halides is 3. The van der Waals surface area contributed by atoms with Crippen molar-refractivity contribution in [3.8, 4) is 17.5 Å². The molecule has 0 unspecified atom stereocenters. The predicted octanol–water partition coefficient (Wildman–Crippen LogP) is 2.22. The Morgan fingerprint density at radius 2 is 1.89 bits per heavy atom. The second kappa shape index (κ2) is 4.53. The lowest BCUT2D eigenvalue weighted by Crippen LogP contribution is -2.17. The summed E-state index contributed by atoms with van der Waals surface area (Å²) in [6.07, 6.45) is -3.46. The number of nitrogens with two attached hydrogens (primary N) is 1. The average molecular weight is 268 g/mol. The van der Waals surface area contributed by atoms with Crippen molar-refractivity contribution < 1.29 is 17.9 Å². The molecule has 1 heterocycles. The van der Waals surface area contributed by atoms with Gasteiger partial charge in [-0.1, -0.05) is 0 Å². The van der Waals surface area contributed by atoms with Gasteiger partial charge in [0.2, 0.25) is 0 Å². The number of hydrogen-bond donors (Lipinski definition) is 1. The highest BCUT2D eigenvalue weighted by Gasteiger charge is 2.31. The number of benzene rings is 1. The van der Waals surface area contributed by atoms with Crippen molar-refractivity contribution >= 4 is 5.82 Å². The van der Waals surface area contributed by atoms with Crippen LogP contribution in [0.15, 0.2) is 30.5 Å². The predicted molar refractivity (Wildman–Crippen MR) is 59.4 cm³/mol. The van der Waals surface area contributed by atoms with E-state index in [9.17, 15) is 13.2 Å². The number of anilines is 1. The molecule has 2 aromatic rings. The monoisotopic (exact) mass is 268 g/mol. The molecule has 8 heteroatoms. The van der Waals surface area contributed by atoms with Crippen LogP contribution in [0.1, 0.15) is 5.56 Å². The number of nitriles is 1. The molecule has 0 aliphatic heterocycles. The number of halogens is 3. The van der Waals surface area contributed by atoms with Gasteiger partial charge in [-0.3, -0.25) is 0 Å². The van der Waals surface area contributed by atoms with E-state index in [0.717, 1.165) is 12.1 Å². The molecule has 2 rings (SSSR count). The normalized spacial score (nSPS) is 11.1. The summed E-state index contributed by atoms with van der Waals surface area (Å²) in [6, 6.07) is 6.82. The smallest absolute Gasteiger partial charge is 0.406 e. The van der Waals surface area contributed by atoms with Gasteiger partial charge in [0.15, 0.2) is 0 Å². The summed E-state index contributed by atoms with van der Waals surface area (Å²) in [5, 5.41) is 12.6. The molecule has 0 fully saturated rings. The van der Waals surface area contributed by atoms with Crippen molar-refractivity contribution in [2.45, 2.75) is 6.36 Å². The van der Waals surface area contributed by atoms with E-state index in [0.29, 0.717) is 5.69 Å². The van der Waals surface area contributed by atoms with E-state index in [2.05, 4.69) is 9.84 Å². The van der Waals surface area contributed by atoms with Crippen LogP contribution in [0.25, 0.3) is 5.69 Å². The fourth-order valence-corrected chi connectivity index (χ4v) is 1.44. The van der Waals surface area contributed by atoms with Crippen molar-refractivity contribution in [1.82, 2.24) is 9.78 Å². The van der Waals surface area contributed by atoms with Gasteiger partial charge in [-0.2, -0.15) is 10.4 Å². The van der Waals surface area contributed by atoms with Crippen LogP contribution in [0.2, 0.25) is 0 Å². The quantitative estimate of drug-likeness (QED) is 0.906. The Kier molecular flexibility index (Phi) is 3.04. The third kappa shape index (κ3) is 2.77. The minimum Gasteiger partial charge on any atom is -0.406 e. The highest BCUT2D eigenvalue weighted by atomic mass is 19.4. The number of nitrogens with zero attached hydrogens (tertiary/aromatic N) is 3. The van der Waals surface area contributed by atoms with Crippen LogP contribution in [-0.2, 0) is 0 Å². The van der Waals surface area contributed by atoms with Crippen LogP contribution in [-0.4, -0.2) is 16.1 Å². The Bertz CT molecular complexity index is 625. The Morgan fingerprint density at radius 1 is 1.26 bits per heavy atom. The Morgan fingerprint density at radius 3 is 2.37 bits per heavy atom. The van der Waals surface area contributed by atoms with Crippen LogP contribution in [0.5, 0.6) is 5.75 Å². The lowest BCUT2D eigenvalue weighted by molar-refractivity contribution is -0.274. The SMILES string of the molecule is N#Cc1cnn(-c2ccc(OC(F)(F)F)cc2)c1N. The maximum absolute atomic E-state index is 12.0. The number of nitrogen functional groups attached to an aromatic ring is 1. The number of hydrogen-bond acceptors (Lipinski definition) is 4. The summed E-state index contributed by atoms with van der Waals surface area (Å²) in [4.78, 5) is 0. The van der Waals surface area contributed by atoms with E-state index in [1.807, 2.05) is 6.07 Å². The standard InChI is InChI=1S/C11H7F3N4O/c12-11(13,14)19-9-3-1-8(2-4-9)18-10(16)7(5-15)6-17-18/h1-4,6H,16H2. The van der Waals surface area contributed by atoms with Crippen molar-refractivity contribution in [3.05, 3.63) is 36.0 Å². The fraction of sp³-hybridized carbons (Fsp3) is 0.0909. The van der Waals surface area contributed by atoms with Crippen LogP contribution < -0.4 is 10.5 Å². The highest BCUT2D eigenvalue weighted by Crippen LogP contribution is 2.24. The van der Waals surface area contributed by atoms with Crippen molar-refractivity contribution in [2.24, 2.45) is 0 Å². The van der Waals surface area contributed by atoms with Crippen molar-refractivity contribution in [2.75, 3.05) is 5.73 Å². The first kappa shape index (κ1) is 12.8. The largest absolute Gasteiger partial charge is 0.573 e. The van der Waals surface area contributed by atoms with Gasteiger partial charge in [0, 0.05) is 0 Å². The van der Waals surface area contributed by atoms with Gasteiger partial charge in [-0.05, 0) is 24.3 Å². The molecule has 0 aliphatic carbocycles.